The monoisotopic (exact) mass is 115 g/mol. The summed E-state index contributed by atoms with van der Waals surface area (Å²) in [5, 5.41) is -0.292. The summed E-state index contributed by atoms with van der Waals surface area (Å²) in [6, 6.07) is 0. The second-order valence-corrected chi connectivity index (χ2v) is 1.94. The lowest BCUT2D eigenvalue weighted by Gasteiger charge is -1.78. The predicted molar refractivity (Wildman–Crippen MR) is 32.0 cm³/mol. The van der Waals surface area contributed by atoms with E-state index in [0.717, 1.165) is 5.57 Å². The molecule has 0 spiro atoms. The molecule has 39 valence electrons. The van der Waals surface area contributed by atoms with E-state index in [-0.39, 0.29) is 5.12 Å². The van der Waals surface area contributed by atoms with Crippen LogP contribution in [0.4, 0.5) is 0 Å². The lowest BCUT2D eigenvalue weighted by atomic mass is 10.3. The van der Waals surface area contributed by atoms with Crippen LogP contribution < -0.4 is 0 Å². The Balaban J connectivity index is 3.68. The number of allylic oxidation sites excluding steroid dienone is 1. The maximum atomic E-state index is 9.99. The number of hydrogen-bond donors (Lipinski definition) is 0. The van der Waals surface area contributed by atoms with Gasteiger partial charge in [-0.25, -0.2) is 0 Å². The molecule has 0 atom stereocenters. The molecule has 0 fully saturated rings. The molecule has 0 unspecified atom stereocenters. The van der Waals surface area contributed by atoms with Crippen LogP contribution in [0.15, 0.2) is 11.6 Å². The molecular formula is C5H7OS. The third-order valence-corrected chi connectivity index (χ3v) is 0.524. The zero-order chi connectivity index (χ0) is 5.86. The minimum atomic E-state index is -0.292. The second kappa shape index (κ2) is 2.75. The molecule has 2 heteroatoms. The topological polar surface area (TPSA) is 17.1 Å². The quantitative estimate of drug-likeness (QED) is 0.475. The highest BCUT2D eigenvalue weighted by Crippen LogP contribution is 1.89. The minimum absolute atomic E-state index is 0.292. The molecule has 0 heterocycles. The van der Waals surface area contributed by atoms with Crippen molar-refractivity contribution in [2.45, 2.75) is 13.8 Å². The van der Waals surface area contributed by atoms with Crippen LogP contribution in [0, 0.1) is 0 Å². The number of carbonyl (C=O) groups is 1. The van der Waals surface area contributed by atoms with E-state index in [2.05, 4.69) is 12.6 Å². The van der Waals surface area contributed by atoms with Crippen LogP contribution in [0.3, 0.4) is 0 Å². The van der Waals surface area contributed by atoms with Crippen molar-refractivity contribution >= 4 is 17.7 Å². The molecule has 7 heavy (non-hydrogen) atoms. The van der Waals surface area contributed by atoms with Gasteiger partial charge in [0.2, 0.25) is 5.12 Å². The van der Waals surface area contributed by atoms with E-state index in [1.165, 1.54) is 6.08 Å². The third kappa shape index (κ3) is 5.63. The molecule has 0 aromatic carbocycles. The van der Waals surface area contributed by atoms with Crippen LogP contribution in [-0.4, -0.2) is 5.12 Å². The van der Waals surface area contributed by atoms with Gasteiger partial charge < -0.3 is 0 Å². The summed E-state index contributed by atoms with van der Waals surface area (Å²) in [5.41, 5.74) is 0.958. The SMILES string of the molecule is CC(C)=CC(=O)[S]. The minimum Gasteiger partial charge on any atom is -0.277 e. The summed E-state index contributed by atoms with van der Waals surface area (Å²) in [4.78, 5) is 9.99. The van der Waals surface area contributed by atoms with Gasteiger partial charge in [-0.1, -0.05) is 5.57 Å². The molecule has 0 aliphatic rings. The second-order valence-electron chi connectivity index (χ2n) is 1.54. The third-order valence-electron chi connectivity index (χ3n) is 0.407. The molecule has 0 bridgehead atoms. The number of hydrogen-bond acceptors (Lipinski definition) is 1. The first-order chi connectivity index (χ1) is 3.13. The largest absolute Gasteiger partial charge is 0.277 e. The van der Waals surface area contributed by atoms with E-state index < -0.39 is 0 Å². The Morgan fingerprint density at radius 3 is 2.00 bits per heavy atom. The molecule has 0 N–H and O–H groups in total. The molecule has 0 aliphatic carbocycles. The Kier molecular flexibility index (Phi) is 2.60. The fourth-order valence-corrected chi connectivity index (χ4v) is 0.471. The van der Waals surface area contributed by atoms with E-state index >= 15 is 0 Å². The smallest absolute Gasteiger partial charge is 0.242 e. The average Bonchev–Trinajstić information content (AvgIpc) is 1.27. The van der Waals surface area contributed by atoms with Crippen LogP contribution >= 0.6 is 12.6 Å². The molecule has 0 rings (SSSR count). The van der Waals surface area contributed by atoms with Gasteiger partial charge in [-0.3, -0.25) is 4.79 Å². The maximum absolute atomic E-state index is 9.99. The number of carbonyl (C=O) groups excluding carboxylic acids is 1. The molecule has 0 aromatic rings. The summed E-state index contributed by atoms with van der Waals surface area (Å²) in [6.45, 7) is 3.68. The van der Waals surface area contributed by atoms with E-state index in [9.17, 15) is 4.79 Å². The summed E-state index contributed by atoms with van der Waals surface area (Å²) in [5.74, 6) is 0. The first-order valence-electron chi connectivity index (χ1n) is 1.99. The molecule has 1 nitrogen and oxygen atoms in total. The molecule has 0 amide bonds. The van der Waals surface area contributed by atoms with Crippen molar-refractivity contribution in [1.29, 1.82) is 0 Å². The van der Waals surface area contributed by atoms with Crippen LogP contribution in [-0.2, 0) is 4.79 Å². The van der Waals surface area contributed by atoms with Crippen molar-refractivity contribution in [3.8, 4) is 0 Å². The van der Waals surface area contributed by atoms with Gasteiger partial charge in [0.05, 0.1) is 0 Å². The van der Waals surface area contributed by atoms with Crippen molar-refractivity contribution in [3.63, 3.8) is 0 Å². The molecule has 0 saturated heterocycles. The zero-order valence-electron chi connectivity index (χ0n) is 4.39. The van der Waals surface area contributed by atoms with Gasteiger partial charge in [0.25, 0.3) is 0 Å². The van der Waals surface area contributed by atoms with Crippen LogP contribution in [0.1, 0.15) is 13.8 Å². The highest BCUT2D eigenvalue weighted by molar-refractivity contribution is 7.97. The molecule has 0 aliphatic heterocycles. The highest BCUT2D eigenvalue weighted by Gasteiger charge is 1.83. The first kappa shape index (κ1) is 6.63. The van der Waals surface area contributed by atoms with Gasteiger partial charge in [-0.05, 0) is 32.6 Å². The summed E-state index contributed by atoms with van der Waals surface area (Å²) < 4.78 is 0. The zero-order valence-corrected chi connectivity index (χ0v) is 5.21. The van der Waals surface area contributed by atoms with Crippen molar-refractivity contribution in [3.05, 3.63) is 11.6 Å². The fraction of sp³-hybridized carbons (Fsp3) is 0.400. The van der Waals surface area contributed by atoms with Gasteiger partial charge in [0, 0.05) is 0 Å². The maximum Gasteiger partial charge on any atom is 0.242 e. The van der Waals surface area contributed by atoms with Gasteiger partial charge in [0.1, 0.15) is 0 Å². The summed E-state index contributed by atoms with van der Waals surface area (Å²) >= 11 is 4.24. The van der Waals surface area contributed by atoms with Gasteiger partial charge in [-0.2, -0.15) is 0 Å². The van der Waals surface area contributed by atoms with Crippen LogP contribution in [0.2, 0.25) is 0 Å². The fourth-order valence-electron chi connectivity index (χ4n) is 0.236. The summed E-state index contributed by atoms with van der Waals surface area (Å²) in [6.07, 6.45) is 1.43. The Morgan fingerprint density at radius 2 is 2.00 bits per heavy atom. The van der Waals surface area contributed by atoms with E-state index in [1.807, 2.05) is 13.8 Å². The lowest BCUT2D eigenvalue weighted by molar-refractivity contribution is -0.106. The van der Waals surface area contributed by atoms with Gasteiger partial charge >= 0.3 is 0 Å². The van der Waals surface area contributed by atoms with Crippen LogP contribution in [0.5, 0.6) is 0 Å². The van der Waals surface area contributed by atoms with Crippen molar-refractivity contribution in [2.75, 3.05) is 0 Å². The standard InChI is InChI=1S/C5H7OS/c1-4(2)3-5(6)7/h3H,1-2H3. The average molecular weight is 115 g/mol. The van der Waals surface area contributed by atoms with Crippen LogP contribution in [0.25, 0.3) is 0 Å². The van der Waals surface area contributed by atoms with E-state index in [0.29, 0.717) is 0 Å². The Bertz CT molecular complexity index is 101. The van der Waals surface area contributed by atoms with Gasteiger partial charge in [0.15, 0.2) is 0 Å². The predicted octanol–water partition coefficient (Wildman–Crippen LogP) is 1.68. The van der Waals surface area contributed by atoms with E-state index in [1.54, 1.807) is 0 Å². The molecule has 0 saturated carbocycles. The molecule has 0 aromatic heterocycles. The first-order valence-corrected chi connectivity index (χ1v) is 2.39. The van der Waals surface area contributed by atoms with Crippen molar-refractivity contribution in [2.24, 2.45) is 0 Å². The molecule has 1 radical (unpaired) electrons. The lowest BCUT2D eigenvalue weighted by Crippen LogP contribution is -1.76. The van der Waals surface area contributed by atoms with Crippen molar-refractivity contribution < 1.29 is 4.79 Å². The summed E-state index contributed by atoms with van der Waals surface area (Å²) in [7, 11) is 0. The Hall–Kier alpha value is -0.370. The normalized spacial score (nSPS) is 7.71. The molecular weight excluding hydrogens is 108 g/mol. The van der Waals surface area contributed by atoms with E-state index in [4.69, 9.17) is 0 Å². The van der Waals surface area contributed by atoms with Gasteiger partial charge in [-0.15, -0.1) is 0 Å². The highest BCUT2D eigenvalue weighted by atomic mass is 32.1. The Labute approximate surface area is 48.8 Å². The Morgan fingerprint density at radius 1 is 1.57 bits per heavy atom. The number of rotatable bonds is 1. The van der Waals surface area contributed by atoms with Crippen molar-refractivity contribution in [1.82, 2.24) is 0 Å².